The maximum atomic E-state index is 12.9. The van der Waals surface area contributed by atoms with Crippen molar-refractivity contribution >= 4 is 17.5 Å². The number of aliphatic hydroxyl groups is 4. The van der Waals surface area contributed by atoms with E-state index in [0.717, 1.165) is 0 Å². The second-order valence-electron chi connectivity index (χ2n) is 6.94. The molecule has 9 heteroatoms. The number of Topliss-reactive ketones (excluding diaryl/α,β-unsaturated/α-hetero) is 2. The normalized spacial score (nSPS) is 31.3. The van der Waals surface area contributed by atoms with E-state index in [1.54, 1.807) is 13.0 Å². The number of hydrogen-bond acceptors (Lipinski definition) is 8. The second-order valence-corrected chi connectivity index (χ2v) is 6.94. The van der Waals surface area contributed by atoms with E-state index in [1.165, 1.54) is 43.3 Å². The molecule has 0 unspecified atom stereocenters. The standard InChI is InChI=1S/C20H21NO8/c1-3-7-12(22)13(23)14-10(2)15(24)19(29-14)17(26)20(28,21-18(19)27)16(25)11-8-5-4-6-9-11/h3-9,12-13,17,22-23,26,28H,1-2H3,(H,21,27)/b7-3-/t12-,13-,17+,19+,20+/m0/s1. The highest BCUT2D eigenvalue weighted by Gasteiger charge is 2.73. The molecule has 1 aromatic carbocycles. The molecule has 0 aromatic heterocycles. The monoisotopic (exact) mass is 403 g/mol. The predicted molar refractivity (Wildman–Crippen MR) is 98.2 cm³/mol. The van der Waals surface area contributed by atoms with Gasteiger partial charge in [0.05, 0.1) is 0 Å². The van der Waals surface area contributed by atoms with Crippen molar-refractivity contribution in [2.75, 3.05) is 0 Å². The molecule has 29 heavy (non-hydrogen) atoms. The van der Waals surface area contributed by atoms with E-state index in [4.69, 9.17) is 4.74 Å². The Morgan fingerprint density at radius 1 is 1.24 bits per heavy atom. The van der Waals surface area contributed by atoms with Gasteiger partial charge in [-0.3, -0.25) is 14.4 Å². The van der Waals surface area contributed by atoms with Crippen LogP contribution in [0.1, 0.15) is 24.2 Å². The molecule has 1 fully saturated rings. The van der Waals surface area contributed by atoms with Crippen molar-refractivity contribution in [1.29, 1.82) is 0 Å². The first-order valence-corrected chi connectivity index (χ1v) is 8.87. The Balaban J connectivity index is 1.98. The molecular weight excluding hydrogens is 382 g/mol. The zero-order chi connectivity index (χ0) is 21.6. The lowest BCUT2D eigenvalue weighted by atomic mass is 9.85. The van der Waals surface area contributed by atoms with Gasteiger partial charge in [0.25, 0.3) is 11.5 Å². The molecule has 0 aliphatic carbocycles. The summed E-state index contributed by atoms with van der Waals surface area (Å²) in [5.74, 6) is -3.72. The Morgan fingerprint density at radius 3 is 2.45 bits per heavy atom. The first-order valence-electron chi connectivity index (χ1n) is 8.87. The molecule has 1 aromatic rings. The number of ether oxygens (including phenoxy) is 1. The van der Waals surface area contributed by atoms with E-state index in [2.05, 4.69) is 0 Å². The van der Waals surface area contributed by atoms with Gasteiger partial charge < -0.3 is 30.5 Å². The highest BCUT2D eigenvalue weighted by atomic mass is 16.6. The van der Waals surface area contributed by atoms with Crippen molar-refractivity contribution in [1.82, 2.24) is 5.32 Å². The van der Waals surface area contributed by atoms with Gasteiger partial charge in [-0.15, -0.1) is 0 Å². The number of nitrogens with one attached hydrogen (secondary N) is 1. The molecule has 1 saturated heterocycles. The van der Waals surface area contributed by atoms with Crippen molar-refractivity contribution in [3.63, 3.8) is 0 Å². The Kier molecular flexibility index (Phi) is 5.18. The summed E-state index contributed by atoms with van der Waals surface area (Å²) in [7, 11) is 0. The van der Waals surface area contributed by atoms with Gasteiger partial charge >= 0.3 is 0 Å². The summed E-state index contributed by atoms with van der Waals surface area (Å²) in [5.41, 5.74) is -5.71. The van der Waals surface area contributed by atoms with E-state index < -0.39 is 52.9 Å². The lowest BCUT2D eigenvalue weighted by molar-refractivity contribution is -0.161. The first-order chi connectivity index (χ1) is 13.6. The van der Waals surface area contributed by atoms with Crippen LogP contribution in [0.15, 0.2) is 53.8 Å². The van der Waals surface area contributed by atoms with Gasteiger partial charge in [0.1, 0.15) is 18.0 Å². The van der Waals surface area contributed by atoms with Crippen LogP contribution in [-0.4, -0.2) is 67.5 Å². The van der Waals surface area contributed by atoms with Gasteiger partial charge in [0.2, 0.25) is 17.3 Å². The minimum absolute atomic E-state index is 0.00899. The van der Waals surface area contributed by atoms with E-state index in [0.29, 0.717) is 0 Å². The van der Waals surface area contributed by atoms with Gasteiger partial charge in [-0.25, -0.2) is 0 Å². The van der Waals surface area contributed by atoms with Crippen molar-refractivity contribution in [2.45, 2.75) is 43.5 Å². The van der Waals surface area contributed by atoms with Crippen LogP contribution < -0.4 is 5.32 Å². The first kappa shape index (κ1) is 20.9. The lowest BCUT2D eigenvalue weighted by Crippen LogP contribution is -2.59. The molecule has 5 atom stereocenters. The minimum atomic E-state index is -2.82. The van der Waals surface area contributed by atoms with Gasteiger partial charge in [-0.2, -0.15) is 0 Å². The number of amides is 1. The van der Waals surface area contributed by atoms with E-state index >= 15 is 0 Å². The molecule has 0 bridgehead atoms. The molecule has 2 aliphatic rings. The molecule has 1 amide bonds. The van der Waals surface area contributed by atoms with Gasteiger partial charge in [0, 0.05) is 11.1 Å². The molecule has 2 aliphatic heterocycles. The number of aliphatic hydroxyl groups excluding tert-OH is 3. The molecule has 9 nitrogen and oxygen atoms in total. The fraction of sp³-hybridized carbons (Fsp3) is 0.350. The van der Waals surface area contributed by atoms with E-state index in [-0.39, 0.29) is 11.1 Å². The number of rotatable bonds is 5. The Morgan fingerprint density at radius 2 is 1.86 bits per heavy atom. The summed E-state index contributed by atoms with van der Waals surface area (Å²) in [5, 5.41) is 43.7. The topological polar surface area (TPSA) is 153 Å². The molecule has 1 spiro atoms. The molecular formula is C20H21NO8. The van der Waals surface area contributed by atoms with Crippen LogP contribution in [0.5, 0.6) is 0 Å². The van der Waals surface area contributed by atoms with Crippen molar-refractivity contribution in [3.8, 4) is 0 Å². The Bertz CT molecular complexity index is 924. The number of ketones is 2. The average Bonchev–Trinajstić information content (AvgIpc) is 3.09. The average molecular weight is 403 g/mol. The highest BCUT2D eigenvalue weighted by molar-refractivity contribution is 6.23. The number of carbonyl (C=O) groups is 3. The number of carbonyl (C=O) groups excluding carboxylic acids is 3. The molecule has 154 valence electrons. The fourth-order valence-electron chi connectivity index (χ4n) is 3.50. The van der Waals surface area contributed by atoms with Crippen LogP contribution in [0.3, 0.4) is 0 Å². The molecule has 2 heterocycles. The maximum Gasteiger partial charge on any atom is 0.278 e. The quantitative estimate of drug-likeness (QED) is 0.237. The smallest absolute Gasteiger partial charge is 0.278 e. The maximum absolute atomic E-state index is 12.9. The van der Waals surface area contributed by atoms with Crippen LogP contribution in [0.2, 0.25) is 0 Å². The van der Waals surface area contributed by atoms with Gasteiger partial charge in [0.15, 0.2) is 6.10 Å². The minimum Gasteiger partial charge on any atom is -0.467 e. The fourth-order valence-corrected chi connectivity index (χ4v) is 3.50. The third kappa shape index (κ3) is 2.90. The van der Waals surface area contributed by atoms with Gasteiger partial charge in [-0.05, 0) is 13.8 Å². The SMILES string of the molecule is C/C=C\[C@H](O)[C@H](O)C1=C(C)C(=O)[C@]2(O1)C(=O)N[C@@](O)(C(=O)c1ccccc1)[C@@H]2O. The van der Waals surface area contributed by atoms with Crippen molar-refractivity contribution in [2.24, 2.45) is 0 Å². The molecule has 3 rings (SSSR count). The third-order valence-electron chi connectivity index (χ3n) is 5.10. The van der Waals surface area contributed by atoms with Crippen LogP contribution in [0.25, 0.3) is 0 Å². The lowest BCUT2D eigenvalue weighted by Gasteiger charge is -2.30. The Labute approximate surface area is 165 Å². The summed E-state index contributed by atoms with van der Waals surface area (Å²) in [6, 6.07) is 7.42. The number of hydrogen-bond donors (Lipinski definition) is 5. The van der Waals surface area contributed by atoms with Crippen LogP contribution in [0.4, 0.5) is 0 Å². The summed E-state index contributed by atoms with van der Waals surface area (Å²) in [6.45, 7) is 2.84. The summed E-state index contributed by atoms with van der Waals surface area (Å²) in [6.07, 6.45) is -2.75. The van der Waals surface area contributed by atoms with Crippen molar-refractivity contribution in [3.05, 3.63) is 59.4 Å². The zero-order valence-corrected chi connectivity index (χ0v) is 15.7. The second kappa shape index (κ2) is 7.20. The predicted octanol–water partition coefficient (Wildman–Crippen LogP) is -1.04. The summed E-state index contributed by atoms with van der Waals surface area (Å²) < 4.78 is 5.38. The molecule has 0 radical (unpaired) electrons. The highest BCUT2D eigenvalue weighted by Crippen LogP contribution is 2.43. The summed E-state index contributed by atoms with van der Waals surface area (Å²) >= 11 is 0. The Hall–Kier alpha value is -2.85. The van der Waals surface area contributed by atoms with E-state index in [9.17, 15) is 34.8 Å². The summed E-state index contributed by atoms with van der Waals surface area (Å²) in [4.78, 5) is 38.3. The van der Waals surface area contributed by atoms with E-state index in [1.807, 2.05) is 5.32 Å². The largest absolute Gasteiger partial charge is 0.467 e. The molecule has 0 saturated carbocycles. The van der Waals surface area contributed by atoms with Gasteiger partial charge in [-0.1, -0.05) is 42.5 Å². The molecule has 5 N–H and O–H groups in total. The van der Waals surface area contributed by atoms with Crippen LogP contribution in [-0.2, 0) is 14.3 Å². The van der Waals surface area contributed by atoms with Crippen LogP contribution in [0, 0.1) is 0 Å². The third-order valence-corrected chi connectivity index (χ3v) is 5.10. The number of benzene rings is 1. The number of allylic oxidation sites excluding steroid dienone is 1. The zero-order valence-electron chi connectivity index (χ0n) is 15.7. The van der Waals surface area contributed by atoms with Crippen LogP contribution >= 0.6 is 0 Å². The van der Waals surface area contributed by atoms with Crippen molar-refractivity contribution < 1.29 is 39.5 Å².